The molecule has 158 valence electrons. The number of carboxylic acid groups (broad SMARTS) is 1. The molecule has 4 aliphatic rings. The highest BCUT2D eigenvalue weighted by molar-refractivity contribution is 6.31. The third-order valence-corrected chi connectivity index (χ3v) is 7.50. The summed E-state index contributed by atoms with van der Waals surface area (Å²) in [4.78, 5) is 24.9. The van der Waals surface area contributed by atoms with Gasteiger partial charge in [-0.3, -0.25) is 4.79 Å². The van der Waals surface area contributed by atoms with Gasteiger partial charge >= 0.3 is 12.1 Å². The summed E-state index contributed by atoms with van der Waals surface area (Å²) in [6.07, 6.45) is -2.88. The number of halogens is 4. The first-order chi connectivity index (χ1) is 13.5. The second-order valence-electron chi connectivity index (χ2n) is 9.18. The van der Waals surface area contributed by atoms with E-state index < -0.39 is 34.9 Å². The van der Waals surface area contributed by atoms with Crippen molar-refractivity contribution in [2.75, 3.05) is 0 Å². The first-order valence-electron chi connectivity index (χ1n) is 9.88. The summed E-state index contributed by atoms with van der Waals surface area (Å²) in [6, 6.07) is 5.50. The maximum atomic E-state index is 13.9. The molecule has 2 N–H and O–H groups in total. The highest BCUT2D eigenvalue weighted by Crippen LogP contribution is 2.69. The number of rotatable bonds is 5. The van der Waals surface area contributed by atoms with Crippen LogP contribution in [0.4, 0.5) is 13.2 Å². The molecular weight excluding hydrogens is 407 g/mol. The molecule has 4 bridgehead atoms. The van der Waals surface area contributed by atoms with E-state index in [4.69, 9.17) is 11.6 Å². The van der Waals surface area contributed by atoms with Crippen molar-refractivity contribution in [3.63, 3.8) is 0 Å². The Morgan fingerprint density at radius 2 is 1.79 bits per heavy atom. The Balaban J connectivity index is 1.57. The van der Waals surface area contributed by atoms with Gasteiger partial charge in [0.15, 0.2) is 0 Å². The minimum Gasteiger partial charge on any atom is -0.480 e. The van der Waals surface area contributed by atoms with E-state index in [1.54, 1.807) is 24.3 Å². The first-order valence-corrected chi connectivity index (χ1v) is 10.3. The lowest BCUT2D eigenvalue weighted by molar-refractivity contribution is -0.283. The summed E-state index contributed by atoms with van der Waals surface area (Å²) < 4.78 is 41.7. The fourth-order valence-corrected chi connectivity index (χ4v) is 6.47. The van der Waals surface area contributed by atoms with Crippen LogP contribution in [0.25, 0.3) is 0 Å². The van der Waals surface area contributed by atoms with Gasteiger partial charge < -0.3 is 10.4 Å². The van der Waals surface area contributed by atoms with E-state index in [2.05, 4.69) is 5.32 Å². The predicted molar refractivity (Wildman–Crippen MR) is 100 cm³/mol. The van der Waals surface area contributed by atoms with Crippen molar-refractivity contribution >= 4 is 23.5 Å². The summed E-state index contributed by atoms with van der Waals surface area (Å²) in [5, 5.41) is 12.5. The lowest BCUT2D eigenvalue weighted by atomic mass is 9.43. The van der Waals surface area contributed by atoms with Crippen molar-refractivity contribution in [3.05, 3.63) is 34.9 Å². The van der Waals surface area contributed by atoms with Crippen molar-refractivity contribution in [1.82, 2.24) is 5.32 Å². The van der Waals surface area contributed by atoms with Crippen LogP contribution in [0, 0.1) is 22.7 Å². The van der Waals surface area contributed by atoms with E-state index in [-0.39, 0.29) is 37.5 Å². The van der Waals surface area contributed by atoms with Crippen LogP contribution in [0.1, 0.15) is 44.1 Å². The van der Waals surface area contributed by atoms with Crippen molar-refractivity contribution in [2.24, 2.45) is 22.7 Å². The fraction of sp³-hybridized carbons (Fsp3) is 0.619. The van der Waals surface area contributed by atoms with Gasteiger partial charge in [-0.15, -0.1) is 0 Å². The van der Waals surface area contributed by atoms with Crippen LogP contribution in [0.15, 0.2) is 24.3 Å². The summed E-state index contributed by atoms with van der Waals surface area (Å²) in [6.45, 7) is 0. The van der Waals surface area contributed by atoms with Crippen molar-refractivity contribution in [2.45, 2.75) is 57.2 Å². The van der Waals surface area contributed by atoms with Gasteiger partial charge in [-0.1, -0.05) is 29.8 Å². The summed E-state index contributed by atoms with van der Waals surface area (Å²) in [5.41, 5.74) is -2.37. The van der Waals surface area contributed by atoms with Gasteiger partial charge in [0.1, 0.15) is 6.04 Å². The van der Waals surface area contributed by atoms with Crippen LogP contribution in [0.5, 0.6) is 0 Å². The molecule has 4 aliphatic carbocycles. The van der Waals surface area contributed by atoms with Gasteiger partial charge in [-0.25, -0.2) is 4.79 Å². The number of nitrogens with one attached hydrogen (secondary N) is 1. The van der Waals surface area contributed by atoms with Crippen LogP contribution in [0.3, 0.4) is 0 Å². The Labute approximate surface area is 171 Å². The maximum absolute atomic E-state index is 13.9. The maximum Gasteiger partial charge on any atom is 0.394 e. The molecule has 0 heterocycles. The fourth-order valence-electron chi connectivity index (χ4n) is 6.26. The molecule has 3 unspecified atom stereocenters. The number of carbonyl (C=O) groups is 2. The molecule has 29 heavy (non-hydrogen) atoms. The van der Waals surface area contributed by atoms with Crippen LogP contribution in [-0.2, 0) is 16.0 Å². The molecule has 8 heteroatoms. The number of hydrogen-bond acceptors (Lipinski definition) is 2. The molecule has 0 aromatic heterocycles. The molecule has 0 saturated heterocycles. The molecule has 1 aromatic rings. The van der Waals surface area contributed by atoms with Gasteiger partial charge in [0.05, 0.1) is 10.8 Å². The van der Waals surface area contributed by atoms with Gasteiger partial charge in [0.25, 0.3) is 0 Å². The summed E-state index contributed by atoms with van der Waals surface area (Å²) >= 11 is 6.10. The van der Waals surface area contributed by atoms with E-state index in [0.29, 0.717) is 23.4 Å². The number of alkyl halides is 3. The molecule has 4 nitrogen and oxygen atoms in total. The Morgan fingerprint density at radius 1 is 1.17 bits per heavy atom. The van der Waals surface area contributed by atoms with Crippen LogP contribution in [0.2, 0.25) is 5.02 Å². The number of hydrogen-bond donors (Lipinski definition) is 2. The lowest BCUT2D eigenvalue weighted by Gasteiger charge is -2.61. The molecule has 0 spiro atoms. The van der Waals surface area contributed by atoms with E-state index in [1.165, 1.54) is 0 Å². The highest BCUT2D eigenvalue weighted by Gasteiger charge is 2.69. The summed E-state index contributed by atoms with van der Waals surface area (Å²) in [7, 11) is 0. The Kier molecular flexibility index (Phi) is 4.88. The molecular formula is C21H23ClF3NO3. The Hall–Kier alpha value is -1.76. The number of carboxylic acids is 1. The topological polar surface area (TPSA) is 66.4 Å². The Bertz CT molecular complexity index is 827. The second-order valence-corrected chi connectivity index (χ2v) is 9.59. The standard InChI is InChI=1S/C21H23ClF3NO3/c22-15-4-2-1-3-14(15)6-16(17(27)28)26-18(29)19-7-12-5-13(8-19)10-20(9-12,11-19)21(23,24)25/h1-4,12-13,16H,5-11H2,(H,26,29)(H,27,28). The Morgan fingerprint density at radius 3 is 2.34 bits per heavy atom. The third kappa shape index (κ3) is 3.51. The summed E-state index contributed by atoms with van der Waals surface area (Å²) in [5.74, 6) is -2.04. The largest absolute Gasteiger partial charge is 0.480 e. The third-order valence-electron chi connectivity index (χ3n) is 7.13. The minimum atomic E-state index is -4.35. The number of benzene rings is 1. The van der Waals surface area contributed by atoms with Gasteiger partial charge in [0, 0.05) is 11.4 Å². The van der Waals surface area contributed by atoms with Crippen LogP contribution in [-0.4, -0.2) is 29.2 Å². The minimum absolute atomic E-state index is 0.0197. The van der Waals surface area contributed by atoms with Gasteiger partial charge in [0.2, 0.25) is 5.91 Å². The van der Waals surface area contributed by atoms with Crippen molar-refractivity contribution in [1.29, 1.82) is 0 Å². The lowest BCUT2D eigenvalue weighted by Crippen LogP contribution is -2.62. The quantitative estimate of drug-likeness (QED) is 0.718. The molecule has 0 radical (unpaired) electrons. The number of carbonyl (C=O) groups excluding carboxylic acids is 1. The van der Waals surface area contributed by atoms with E-state index in [1.807, 2.05) is 0 Å². The zero-order valence-corrected chi connectivity index (χ0v) is 16.5. The average Bonchev–Trinajstić information content (AvgIpc) is 2.60. The second kappa shape index (κ2) is 6.89. The van der Waals surface area contributed by atoms with Gasteiger partial charge in [-0.05, 0) is 62.0 Å². The zero-order chi connectivity index (χ0) is 21.0. The first kappa shape index (κ1) is 20.5. The van der Waals surface area contributed by atoms with Crippen molar-refractivity contribution in [3.8, 4) is 0 Å². The van der Waals surface area contributed by atoms with Crippen LogP contribution < -0.4 is 5.32 Å². The molecule has 1 aromatic carbocycles. The van der Waals surface area contributed by atoms with Gasteiger partial charge in [-0.2, -0.15) is 13.2 Å². The number of amides is 1. The smallest absolute Gasteiger partial charge is 0.394 e. The molecule has 1 amide bonds. The van der Waals surface area contributed by atoms with E-state index in [0.717, 1.165) is 6.42 Å². The molecule has 4 fully saturated rings. The monoisotopic (exact) mass is 429 g/mol. The predicted octanol–water partition coefficient (Wildman–Crippen LogP) is 4.60. The van der Waals surface area contributed by atoms with Crippen molar-refractivity contribution < 1.29 is 27.9 Å². The van der Waals surface area contributed by atoms with Crippen LogP contribution >= 0.6 is 11.6 Å². The zero-order valence-electron chi connectivity index (χ0n) is 15.8. The normalized spacial score (nSPS) is 34.1. The van der Waals surface area contributed by atoms with E-state index >= 15 is 0 Å². The molecule has 3 atom stereocenters. The average molecular weight is 430 g/mol. The molecule has 0 aliphatic heterocycles. The molecule has 4 saturated carbocycles. The SMILES string of the molecule is O=C(O)C(Cc1ccccc1Cl)NC(=O)C12CC3CC(C1)CC(C(F)(F)F)(C3)C2. The molecule has 5 rings (SSSR count). The highest BCUT2D eigenvalue weighted by atomic mass is 35.5. The number of aliphatic carboxylic acids is 1. The van der Waals surface area contributed by atoms with E-state index in [9.17, 15) is 27.9 Å².